The zero-order chi connectivity index (χ0) is 27.0. The average Bonchev–Trinajstić information content (AvgIpc) is 3.64. The molecule has 1 unspecified atom stereocenters. The van der Waals surface area contributed by atoms with Crippen LogP contribution in [-0.4, -0.2) is 36.3 Å². The Morgan fingerprint density at radius 2 is 1.64 bits per heavy atom. The lowest BCUT2D eigenvalue weighted by atomic mass is 9.81. The Labute approximate surface area is 234 Å². The average molecular weight is 550 g/mol. The fraction of sp³-hybridized carbons (Fsp3) is 0.484. The molecule has 0 radical (unpaired) electrons. The Morgan fingerprint density at radius 1 is 0.923 bits per heavy atom. The number of ether oxygens (including phenoxy) is 1. The number of carbonyl (C=O) groups excluding carboxylic acids is 2. The minimum Gasteiger partial charge on any atom is -0.461 e. The summed E-state index contributed by atoms with van der Waals surface area (Å²) in [6, 6.07) is 17.6. The molecule has 39 heavy (non-hydrogen) atoms. The first-order valence-electron chi connectivity index (χ1n) is 14.3. The number of thiophene rings is 1. The molecule has 2 saturated carbocycles. The maximum atomic E-state index is 13.1. The number of benzene rings is 2. The smallest absolute Gasteiger partial charge is 0.328 e. The van der Waals surface area contributed by atoms with Crippen LogP contribution in [0, 0.1) is 11.8 Å². The Morgan fingerprint density at radius 3 is 2.36 bits per heavy atom. The van der Waals surface area contributed by atoms with Crippen molar-refractivity contribution in [3.05, 3.63) is 70.6 Å². The molecule has 0 aliphatic heterocycles. The van der Waals surface area contributed by atoms with E-state index < -0.39 is 11.9 Å². The van der Waals surface area contributed by atoms with Gasteiger partial charge in [0.15, 0.2) is 0 Å². The van der Waals surface area contributed by atoms with Gasteiger partial charge in [-0.1, -0.05) is 42.5 Å². The summed E-state index contributed by atoms with van der Waals surface area (Å²) in [5.74, 6) is 0.614. The third-order valence-corrected chi connectivity index (χ3v) is 9.30. The molecule has 0 bridgehead atoms. The molecule has 1 aromatic heterocycles. The van der Waals surface area contributed by atoms with E-state index in [0.717, 1.165) is 73.8 Å². The highest BCUT2D eigenvalue weighted by Crippen LogP contribution is 2.30. The highest BCUT2D eigenvalue weighted by Gasteiger charge is 2.28. The van der Waals surface area contributed by atoms with Crippen molar-refractivity contribution in [3.63, 3.8) is 0 Å². The summed E-state index contributed by atoms with van der Waals surface area (Å²) < 4.78 is 6.91. The number of esters is 1. The van der Waals surface area contributed by atoms with Crippen LogP contribution in [0.1, 0.15) is 78.2 Å². The van der Waals surface area contributed by atoms with Crippen LogP contribution in [0.15, 0.2) is 54.6 Å². The molecule has 4 N–H and O–H groups in total. The van der Waals surface area contributed by atoms with E-state index in [0.29, 0.717) is 16.7 Å². The van der Waals surface area contributed by atoms with E-state index in [1.54, 1.807) is 11.5 Å². The van der Waals surface area contributed by atoms with Crippen molar-refractivity contribution in [3.8, 4) is 0 Å². The summed E-state index contributed by atoms with van der Waals surface area (Å²) in [5.41, 5.74) is 3.87. The van der Waals surface area contributed by atoms with E-state index in [-0.39, 0.29) is 12.1 Å². The topological polar surface area (TPSA) is 99.7 Å². The third-order valence-electron chi connectivity index (χ3n) is 8.20. The highest BCUT2D eigenvalue weighted by atomic mass is 32.1. The molecule has 0 saturated heterocycles. The van der Waals surface area contributed by atoms with Crippen LogP contribution < -0.4 is 16.1 Å². The highest BCUT2D eigenvalue weighted by molar-refractivity contribution is 7.20. The number of rotatable bonds is 11. The fourth-order valence-electron chi connectivity index (χ4n) is 5.92. The normalized spacial score (nSPS) is 20.6. The van der Waals surface area contributed by atoms with Crippen molar-refractivity contribution >= 4 is 33.3 Å². The molecular weight excluding hydrogens is 510 g/mol. The summed E-state index contributed by atoms with van der Waals surface area (Å²) >= 11 is 1.39. The molecular formula is C31H39N3O4S. The number of amides is 1. The van der Waals surface area contributed by atoms with E-state index >= 15 is 0 Å². The Hall–Kier alpha value is -2.78. The van der Waals surface area contributed by atoms with Gasteiger partial charge in [-0.25, -0.2) is 10.3 Å². The summed E-state index contributed by atoms with van der Waals surface area (Å²) in [6.07, 6.45) is 9.04. The predicted molar refractivity (Wildman–Crippen MR) is 154 cm³/mol. The first kappa shape index (κ1) is 27.8. The Bertz CT molecular complexity index is 1230. The SMILES string of the molecule is O=C(NO)c1cc2ccc(CNCC3CCC(CNC(C(=O)OC4CCCC4)c4ccccc4)CC3)cc2s1. The second kappa shape index (κ2) is 13.5. The zero-order valence-corrected chi connectivity index (χ0v) is 23.2. The van der Waals surface area contributed by atoms with Crippen molar-refractivity contribution in [2.45, 2.75) is 70.1 Å². The molecule has 1 heterocycles. The first-order chi connectivity index (χ1) is 19.1. The molecule has 1 amide bonds. The number of hydrogen-bond donors (Lipinski definition) is 4. The van der Waals surface area contributed by atoms with E-state index in [4.69, 9.17) is 9.94 Å². The first-order valence-corrected chi connectivity index (χ1v) is 15.1. The van der Waals surface area contributed by atoms with Gasteiger partial charge < -0.3 is 15.4 Å². The molecule has 8 heteroatoms. The van der Waals surface area contributed by atoms with Gasteiger partial charge in [-0.05, 0) is 105 Å². The maximum Gasteiger partial charge on any atom is 0.328 e. The maximum absolute atomic E-state index is 13.1. The number of nitrogens with one attached hydrogen (secondary N) is 3. The van der Waals surface area contributed by atoms with Crippen molar-refractivity contribution in [2.75, 3.05) is 13.1 Å². The minimum atomic E-state index is -0.471. The van der Waals surface area contributed by atoms with Crippen molar-refractivity contribution in [1.82, 2.24) is 16.1 Å². The molecule has 7 nitrogen and oxygen atoms in total. The third kappa shape index (κ3) is 7.45. The molecule has 1 atom stereocenters. The van der Waals surface area contributed by atoms with Crippen LogP contribution >= 0.6 is 11.3 Å². The standard InChI is InChI=1S/C31H39N3O4S/c35-30(34-37)28-17-25-15-14-23(16-27(25)39-28)19-32-18-21-10-12-22(13-11-21)20-33-29(24-6-2-1-3-7-24)31(36)38-26-8-4-5-9-26/h1-3,6-7,14-17,21-22,26,29,32-33,37H,4-5,8-13,18-20H2,(H,34,35). The lowest BCUT2D eigenvalue weighted by Crippen LogP contribution is -2.36. The molecule has 2 aromatic carbocycles. The van der Waals surface area contributed by atoms with Gasteiger partial charge in [0, 0.05) is 11.2 Å². The molecule has 2 aliphatic carbocycles. The van der Waals surface area contributed by atoms with Gasteiger partial charge in [0.05, 0.1) is 4.88 Å². The van der Waals surface area contributed by atoms with Crippen LogP contribution in [0.4, 0.5) is 0 Å². The van der Waals surface area contributed by atoms with Gasteiger partial charge in [0.1, 0.15) is 12.1 Å². The molecule has 5 rings (SSSR count). The van der Waals surface area contributed by atoms with Gasteiger partial charge in [0.25, 0.3) is 5.91 Å². The van der Waals surface area contributed by atoms with Crippen LogP contribution in [0.3, 0.4) is 0 Å². The quantitative estimate of drug-likeness (QED) is 0.138. The molecule has 2 aliphatic rings. The summed E-state index contributed by atoms with van der Waals surface area (Å²) in [5, 5.41) is 17.1. The summed E-state index contributed by atoms with van der Waals surface area (Å²) in [7, 11) is 0. The monoisotopic (exact) mass is 549 g/mol. The zero-order valence-electron chi connectivity index (χ0n) is 22.4. The summed E-state index contributed by atoms with van der Waals surface area (Å²) in [6.45, 7) is 2.61. The van der Waals surface area contributed by atoms with Gasteiger partial charge in [-0.3, -0.25) is 10.0 Å². The summed E-state index contributed by atoms with van der Waals surface area (Å²) in [4.78, 5) is 25.2. The predicted octanol–water partition coefficient (Wildman–Crippen LogP) is 5.73. The van der Waals surface area contributed by atoms with Crippen molar-refractivity contribution < 1.29 is 19.5 Å². The largest absolute Gasteiger partial charge is 0.461 e. The van der Waals surface area contributed by atoms with E-state index in [9.17, 15) is 9.59 Å². The number of hydrogen-bond acceptors (Lipinski definition) is 7. The Balaban J connectivity index is 1.06. The molecule has 208 valence electrons. The number of carbonyl (C=O) groups is 2. The van der Waals surface area contributed by atoms with Crippen LogP contribution in [0.5, 0.6) is 0 Å². The van der Waals surface area contributed by atoms with Crippen LogP contribution in [0.25, 0.3) is 10.1 Å². The number of fused-ring (bicyclic) bond motifs is 1. The van der Waals surface area contributed by atoms with Crippen molar-refractivity contribution in [2.24, 2.45) is 11.8 Å². The van der Waals surface area contributed by atoms with Crippen LogP contribution in [-0.2, 0) is 16.1 Å². The van der Waals surface area contributed by atoms with E-state index in [1.165, 1.54) is 29.7 Å². The lowest BCUT2D eigenvalue weighted by molar-refractivity contribution is -0.151. The van der Waals surface area contributed by atoms with E-state index in [2.05, 4.69) is 22.8 Å². The van der Waals surface area contributed by atoms with Gasteiger partial charge >= 0.3 is 5.97 Å². The Kier molecular flexibility index (Phi) is 9.63. The van der Waals surface area contributed by atoms with E-state index in [1.807, 2.05) is 36.4 Å². The molecule has 2 fully saturated rings. The second-order valence-electron chi connectivity index (χ2n) is 11.0. The molecule has 0 spiro atoms. The van der Waals surface area contributed by atoms with Crippen LogP contribution in [0.2, 0.25) is 0 Å². The second-order valence-corrected chi connectivity index (χ2v) is 12.1. The van der Waals surface area contributed by atoms with Gasteiger partial charge in [-0.2, -0.15) is 0 Å². The minimum absolute atomic E-state index is 0.0749. The van der Waals surface area contributed by atoms with Gasteiger partial charge in [-0.15, -0.1) is 11.3 Å². The number of hydroxylamine groups is 1. The fourth-order valence-corrected chi connectivity index (χ4v) is 6.93. The lowest BCUT2D eigenvalue weighted by Gasteiger charge is -2.30. The van der Waals surface area contributed by atoms with Gasteiger partial charge in [0.2, 0.25) is 0 Å². The van der Waals surface area contributed by atoms with Crippen molar-refractivity contribution in [1.29, 1.82) is 0 Å². The molecule has 3 aromatic rings.